The minimum absolute atomic E-state index is 0.134. The van der Waals surface area contributed by atoms with Gasteiger partial charge in [-0.05, 0) is 61.3 Å². The van der Waals surface area contributed by atoms with E-state index in [-0.39, 0.29) is 5.82 Å². The van der Waals surface area contributed by atoms with Crippen molar-refractivity contribution in [1.29, 1.82) is 10.5 Å². The molecule has 0 saturated carbocycles. The fourth-order valence-electron chi connectivity index (χ4n) is 3.44. The summed E-state index contributed by atoms with van der Waals surface area (Å²) in [6.07, 6.45) is 1.95. The van der Waals surface area contributed by atoms with Crippen molar-refractivity contribution in [2.45, 2.75) is 20.8 Å². The molecule has 0 saturated heterocycles. The van der Waals surface area contributed by atoms with E-state index in [1.807, 2.05) is 39.0 Å². The first-order chi connectivity index (χ1) is 13.9. The summed E-state index contributed by atoms with van der Waals surface area (Å²) in [4.78, 5) is 4.35. The lowest BCUT2D eigenvalue weighted by Gasteiger charge is -2.13. The number of fused-ring (bicyclic) bond motifs is 1. The van der Waals surface area contributed by atoms with E-state index < -0.39 is 0 Å². The van der Waals surface area contributed by atoms with Crippen molar-refractivity contribution < 1.29 is 9.47 Å². The van der Waals surface area contributed by atoms with Crippen LogP contribution in [-0.4, -0.2) is 18.7 Å². The molecule has 0 aliphatic heterocycles. The zero-order valence-corrected chi connectivity index (χ0v) is 18.1. The summed E-state index contributed by atoms with van der Waals surface area (Å²) < 4.78 is 11.9. The number of halogens is 1. The van der Waals surface area contributed by atoms with E-state index in [4.69, 9.17) is 15.2 Å². The average molecular weight is 451 g/mol. The van der Waals surface area contributed by atoms with Crippen molar-refractivity contribution in [2.75, 3.05) is 19.5 Å². The number of nitriles is 2. The molecule has 0 bridgehead atoms. The second-order valence-corrected chi connectivity index (χ2v) is 7.31. The van der Waals surface area contributed by atoms with Crippen LogP contribution in [0.2, 0.25) is 0 Å². The summed E-state index contributed by atoms with van der Waals surface area (Å²) >= 11 is 3.59. The number of hydrogen-bond acceptors (Lipinski definition) is 6. The first kappa shape index (κ1) is 20.4. The number of benzene rings is 1. The molecule has 0 spiro atoms. The molecule has 7 heteroatoms. The van der Waals surface area contributed by atoms with Gasteiger partial charge in [0.2, 0.25) is 0 Å². The maximum absolute atomic E-state index is 9.68. The Morgan fingerprint density at radius 2 is 1.93 bits per heavy atom. The molecule has 6 nitrogen and oxygen atoms in total. The maximum atomic E-state index is 9.68. The molecule has 1 aromatic carbocycles. The number of nitrogens with zero attached hydrogens (tertiary/aromatic N) is 3. The van der Waals surface area contributed by atoms with Crippen molar-refractivity contribution >= 4 is 39.0 Å². The van der Waals surface area contributed by atoms with Gasteiger partial charge >= 0.3 is 0 Å². The van der Waals surface area contributed by atoms with Crippen LogP contribution in [0.5, 0.6) is 11.5 Å². The van der Waals surface area contributed by atoms with Gasteiger partial charge in [-0.3, -0.25) is 0 Å². The molecule has 0 atom stereocenters. The van der Waals surface area contributed by atoms with Gasteiger partial charge in [0.15, 0.2) is 11.5 Å². The minimum atomic E-state index is 0.134. The minimum Gasteiger partial charge on any atom is -0.493 e. The first-order valence-corrected chi connectivity index (χ1v) is 9.71. The zero-order valence-electron chi connectivity index (χ0n) is 16.6. The summed E-state index contributed by atoms with van der Waals surface area (Å²) in [5.41, 5.74) is 11.2. The van der Waals surface area contributed by atoms with Crippen LogP contribution in [0.4, 0.5) is 5.82 Å². The Morgan fingerprint density at radius 3 is 2.52 bits per heavy atom. The van der Waals surface area contributed by atoms with Gasteiger partial charge in [0.05, 0.1) is 30.5 Å². The third kappa shape index (κ3) is 3.35. The molecule has 1 aliphatic carbocycles. The van der Waals surface area contributed by atoms with Crippen LogP contribution < -0.4 is 15.2 Å². The number of nitrogen functional groups attached to an aromatic ring is 1. The van der Waals surface area contributed by atoms with Crippen molar-refractivity contribution in [3.8, 4) is 23.6 Å². The number of methoxy groups -OCH3 is 1. The predicted molar refractivity (Wildman–Crippen MR) is 116 cm³/mol. The molecule has 2 N–H and O–H groups in total. The second kappa shape index (κ2) is 7.98. The lowest BCUT2D eigenvalue weighted by molar-refractivity contribution is 0.310. The van der Waals surface area contributed by atoms with Gasteiger partial charge in [0.25, 0.3) is 0 Å². The molecular weight excluding hydrogens is 432 g/mol. The van der Waals surface area contributed by atoms with E-state index in [0.717, 1.165) is 26.7 Å². The first-order valence-electron chi connectivity index (χ1n) is 8.92. The Kier molecular flexibility index (Phi) is 5.63. The molecule has 0 unspecified atom stereocenters. The Hall–Kier alpha value is -3.29. The Morgan fingerprint density at radius 1 is 1.21 bits per heavy atom. The fraction of sp³-hybridized carbons (Fsp3) is 0.227. The smallest absolute Gasteiger partial charge is 0.162 e. The number of pyridine rings is 1. The van der Waals surface area contributed by atoms with Gasteiger partial charge in [-0.15, -0.1) is 0 Å². The molecular formula is C22H19BrN4O2. The molecule has 29 heavy (non-hydrogen) atoms. The van der Waals surface area contributed by atoms with Crippen molar-refractivity contribution in [3.05, 3.63) is 50.1 Å². The summed E-state index contributed by atoms with van der Waals surface area (Å²) in [6, 6.07) is 8.05. The topological polar surface area (TPSA) is 105 Å². The maximum Gasteiger partial charge on any atom is 0.162 e. The third-order valence-corrected chi connectivity index (χ3v) is 5.55. The van der Waals surface area contributed by atoms with Crippen LogP contribution >= 0.6 is 15.9 Å². The van der Waals surface area contributed by atoms with Crippen molar-refractivity contribution in [1.82, 2.24) is 4.98 Å². The van der Waals surface area contributed by atoms with E-state index in [1.54, 1.807) is 7.11 Å². The molecule has 0 fully saturated rings. The molecule has 1 aromatic heterocycles. The number of ether oxygens (including phenoxy) is 2. The molecule has 1 aliphatic rings. The molecule has 146 valence electrons. The standard InChI is InChI=1S/C22H19BrN4O2/c1-5-29-19-8-17(23)13(7-18(19)28-4)6-14-11(2)15(9-24)21-20(14)12(3)16(10-25)22(26)27-21/h6-8H,5H2,1-4H3,(H2,26,27)/b14-6-. The van der Waals surface area contributed by atoms with Crippen LogP contribution in [0, 0.1) is 29.6 Å². The highest BCUT2D eigenvalue weighted by molar-refractivity contribution is 9.10. The van der Waals surface area contributed by atoms with Gasteiger partial charge in [0, 0.05) is 10.0 Å². The van der Waals surface area contributed by atoms with Gasteiger partial charge in [0.1, 0.15) is 18.0 Å². The van der Waals surface area contributed by atoms with Crippen molar-refractivity contribution in [2.24, 2.45) is 0 Å². The van der Waals surface area contributed by atoms with E-state index >= 15 is 0 Å². The molecule has 0 radical (unpaired) electrons. The quantitative estimate of drug-likeness (QED) is 0.712. The van der Waals surface area contributed by atoms with E-state index in [9.17, 15) is 10.5 Å². The Bertz CT molecular complexity index is 1170. The monoisotopic (exact) mass is 450 g/mol. The number of anilines is 1. The van der Waals surface area contributed by atoms with Crippen LogP contribution in [0.3, 0.4) is 0 Å². The summed E-state index contributed by atoms with van der Waals surface area (Å²) in [6.45, 7) is 6.12. The van der Waals surface area contributed by atoms with Gasteiger partial charge in [-0.1, -0.05) is 15.9 Å². The highest BCUT2D eigenvalue weighted by Crippen LogP contribution is 2.45. The van der Waals surface area contributed by atoms with Gasteiger partial charge in [-0.25, -0.2) is 4.98 Å². The predicted octanol–water partition coefficient (Wildman–Crippen LogP) is 4.86. The van der Waals surface area contributed by atoms with E-state index in [2.05, 4.69) is 33.1 Å². The summed E-state index contributed by atoms with van der Waals surface area (Å²) in [5, 5.41) is 19.2. The highest BCUT2D eigenvalue weighted by atomic mass is 79.9. The molecule has 2 aromatic rings. The largest absolute Gasteiger partial charge is 0.493 e. The van der Waals surface area contributed by atoms with E-state index in [0.29, 0.717) is 40.5 Å². The van der Waals surface area contributed by atoms with Gasteiger partial charge < -0.3 is 15.2 Å². The second-order valence-electron chi connectivity index (χ2n) is 6.46. The van der Waals surface area contributed by atoms with Crippen LogP contribution in [0.15, 0.2) is 22.2 Å². The summed E-state index contributed by atoms with van der Waals surface area (Å²) in [7, 11) is 1.59. The number of hydrogen-bond donors (Lipinski definition) is 1. The van der Waals surface area contributed by atoms with Crippen LogP contribution in [-0.2, 0) is 0 Å². The SMILES string of the molecule is CCOc1cc(Br)c(/C=C2/C(C)=C(C#N)c3nc(N)c(C#N)c(C)c32)cc1OC. The Labute approximate surface area is 178 Å². The highest BCUT2D eigenvalue weighted by Gasteiger charge is 2.29. The molecule has 0 amide bonds. The normalized spacial score (nSPS) is 13.8. The molecule has 3 rings (SSSR count). The average Bonchev–Trinajstić information content (AvgIpc) is 2.95. The number of nitrogens with two attached hydrogens (primary N) is 1. The van der Waals surface area contributed by atoms with E-state index in [1.165, 1.54) is 0 Å². The number of rotatable bonds is 4. The summed E-state index contributed by atoms with van der Waals surface area (Å²) in [5.74, 6) is 1.37. The number of aromatic nitrogens is 1. The van der Waals surface area contributed by atoms with Crippen LogP contribution in [0.1, 0.15) is 41.8 Å². The van der Waals surface area contributed by atoms with Gasteiger partial charge in [-0.2, -0.15) is 10.5 Å². The lowest BCUT2D eigenvalue weighted by Crippen LogP contribution is -2.03. The molecule has 1 heterocycles. The number of allylic oxidation sites excluding steroid dienone is 3. The third-order valence-electron chi connectivity index (χ3n) is 4.87. The Balaban J connectivity index is 2.29. The van der Waals surface area contributed by atoms with Crippen LogP contribution in [0.25, 0.3) is 17.2 Å². The van der Waals surface area contributed by atoms with Crippen molar-refractivity contribution in [3.63, 3.8) is 0 Å². The fourth-order valence-corrected chi connectivity index (χ4v) is 3.88. The zero-order chi connectivity index (χ0) is 21.3. The lowest BCUT2D eigenvalue weighted by atomic mass is 9.95.